The van der Waals surface area contributed by atoms with E-state index in [1.807, 2.05) is 6.92 Å². The van der Waals surface area contributed by atoms with E-state index in [1.54, 1.807) is 30.9 Å². The molecule has 0 aliphatic heterocycles. The SMILES string of the molecule is CCOCCn1/c(=N/S(=O)(=O)c2ccc(Cl)s2)sc2c(OC)ccc(OC)c21. The lowest BCUT2D eigenvalue weighted by molar-refractivity contribution is 0.139. The lowest BCUT2D eigenvalue weighted by Gasteiger charge is -2.10. The van der Waals surface area contributed by atoms with E-state index in [2.05, 4.69) is 4.40 Å². The van der Waals surface area contributed by atoms with Crippen LogP contribution in [0.2, 0.25) is 4.34 Å². The third-order valence-corrected chi connectivity index (χ3v) is 8.03. The van der Waals surface area contributed by atoms with E-state index < -0.39 is 10.0 Å². The van der Waals surface area contributed by atoms with Crippen LogP contribution in [0.25, 0.3) is 10.2 Å². The predicted molar refractivity (Wildman–Crippen MR) is 111 cm³/mol. The standard InChI is InChI=1S/C17H19ClN2O5S3/c1-4-25-10-9-20-15-11(23-2)5-6-12(24-3)16(15)27-17(20)19-28(21,22)14-8-7-13(18)26-14/h5-8H,4,9-10H2,1-3H3/b19-17-. The number of hydrogen-bond donors (Lipinski definition) is 0. The number of sulfonamides is 1. The second-order valence-corrected chi connectivity index (χ2v) is 10.0. The molecule has 0 unspecified atom stereocenters. The Morgan fingerprint density at radius 3 is 2.43 bits per heavy atom. The van der Waals surface area contributed by atoms with Crippen molar-refractivity contribution >= 4 is 54.5 Å². The van der Waals surface area contributed by atoms with Crippen LogP contribution >= 0.6 is 34.3 Å². The van der Waals surface area contributed by atoms with E-state index >= 15 is 0 Å². The number of nitrogens with zero attached hydrogens (tertiary/aromatic N) is 2. The Bertz CT molecular complexity index is 1150. The minimum absolute atomic E-state index is 0.0882. The lowest BCUT2D eigenvalue weighted by Crippen LogP contribution is -2.20. The highest BCUT2D eigenvalue weighted by atomic mass is 35.5. The third kappa shape index (κ3) is 4.20. The average Bonchev–Trinajstić information content (AvgIpc) is 3.26. The summed E-state index contributed by atoms with van der Waals surface area (Å²) in [5, 5.41) is 0. The number of ether oxygens (including phenoxy) is 3. The molecule has 1 aromatic carbocycles. The van der Waals surface area contributed by atoms with Crippen molar-refractivity contribution in [2.75, 3.05) is 27.4 Å². The van der Waals surface area contributed by atoms with Gasteiger partial charge in [-0.15, -0.1) is 15.7 Å². The zero-order chi connectivity index (χ0) is 20.3. The van der Waals surface area contributed by atoms with Crippen molar-refractivity contribution in [1.29, 1.82) is 0 Å². The molecule has 7 nitrogen and oxygen atoms in total. The van der Waals surface area contributed by atoms with Crippen molar-refractivity contribution in [2.45, 2.75) is 17.7 Å². The Morgan fingerprint density at radius 2 is 1.82 bits per heavy atom. The summed E-state index contributed by atoms with van der Waals surface area (Å²) in [4.78, 5) is 0.307. The van der Waals surface area contributed by atoms with E-state index in [4.69, 9.17) is 25.8 Å². The van der Waals surface area contributed by atoms with Crippen molar-refractivity contribution in [2.24, 2.45) is 4.40 Å². The topological polar surface area (TPSA) is 79.1 Å². The highest BCUT2D eigenvalue weighted by Crippen LogP contribution is 2.35. The van der Waals surface area contributed by atoms with Crippen LogP contribution in [0.4, 0.5) is 0 Å². The van der Waals surface area contributed by atoms with Crippen molar-refractivity contribution < 1.29 is 22.6 Å². The van der Waals surface area contributed by atoms with Gasteiger partial charge in [0.15, 0.2) is 0 Å². The number of aromatic nitrogens is 1. The fourth-order valence-electron chi connectivity index (χ4n) is 2.62. The zero-order valence-electron chi connectivity index (χ0n) is 15.5. The Labute approximate surface area is 175 Å². The summed E-state index contributed by atoms with van der Waals surface area (Å²) >= 11 is 8.08. The number of rotatable bonds is 8. The first kappa shape index (κ1) is 21.1. The van der Waals surface area contributed by atoms with Crippen molar-refractivity contribution in [3.63, 3.8) is 0 Å². The summed E-state index contributed by atoms with van der Waals surface area (Å²) in [5.41, 5.74) is 0.713. The van der Waals surface area contributed by atoms with Gasteiger partial charge in [-0.25, -0.2) is 0 Å². The quantitative estimate of drug-likeness (QED) is 0.476. The Hall–Kier alpha value is -1.59. The first-order chi connectivity index (χ1) is 13.4. The molecular formula is C17H19ClN2O5S3. The summed E-state index contributed by atoms with van der Waals surface area (Å²) in [7, 11) is -0.781. The molecule has 2 heterocycles. The monoisotopic (exact) mass is 462 g/mol. The molecule has 0 saturated carbocycles. The molecule has 28 heavy (non-hydrogen) atoms. The van der Waals surface area contributed by atoms with Gasteiger partial charge in [-0.3, -0.25) is 0 Å². The van der Waals surface area contributed by atoms with Gasteiger partial charge in [0.1, 0.15) is 25.9 Å². The number of benzene rings is 1. The third-order valence-electron chi connectivity index (χ3n) is 3.86. The van der Waals surface area contributed by atoms with Crippen LogP contribution in [0.3, 0.4) is 0 Å². The minimum atomic E-state index is -3.91. The van der Waals surface area contributed by atoms with Crippen LogP contribution in [-0.2, 0) is 21.3 Å². The minimum Gasteiger partial charge on any atom is -0.495 e. The lowest BCUT2D eigenvalue weighted by atomic mass is 10.3. The van der Waals surface area contributed by atoms with Gasteiger partial charge >= 0.3 is 0 Å². The number of hydrogen-bond acceptors (Lipinski definition) is 7. The first-order valence-electron chi connectivity index (χ1n) is 8.29. The summed E-state index contributed by atoms with van der Waals surface area (Å²) in [6, 6.07) is 6.55. The van der Waals surface area contributed by atoms with Crippen LogP contribution in [0.1, 0.15) is 6.92 Å². The van der Waals surface area contributed by atoms with Crippen LogP contribution in [0, 0.1) is 0 Å². The molecule has 0 aliphatic rings. The van der Waals surface area contributed by atoms with Gasteiger partial charge in [-0.1, -0.05) is 22.9 Å². The molecule has 0 N–H and O–H groups in total. The summed E-state index contributed by atoms with van der Waals surface area (Å²) in [6.45, 7) is 3.27. The molecule has 3 aromatic rings. The number of thiophene rings is 1. The summed E-state index contributed by atoms with van der Waals surface area (Å²) in [5.74, 6) is 1.21. The Balaban J connectivity index is 2.27. The predicted octanol–water partition coefficient (Wildman–Crippen LogP) is 3.76. The van der Waals surface area contributed by atoms with Crippen LogP contribution < -0.4 is 14.3 Å². The molecule has 11 heteroatoms. The molecule has 0 spiro atoms. The smallest absolute Gasteiger partial charge is 0.294 e. The van der Waals surface area contributed by atoms with Gasteiger partial charge < -0.3 is 18.8 Å². The Morgan fingerprint density at radius 1 is 1.11 bits per heavy atom. The van der Waals surface area contributed by atoms with Gasteiger partial charge in [0.25, 0.3) is 10.0 Å². The number of fused-ring (bicyclic) bond motifs is 1. The fraction of sp³-hybridized carbons (Fsp3) is 0.353. The maximum absolute atomic E-state index is 12.8. The second-order valence-electron chi connectivity index (χ2n) is 5.51. The summed E-state index contributed by atoms with van der Waals surface area (Å²) in [6.07, 6.45) is 0. The van der Waals surface area contributed by atoms with Gasteiger partial charge in [0.2, 0.25) is 4.80 Å². The molecule has 0 amide bonds. The normalized spacial score (nSPS) is 12.6. The average molecular weight is 463 g/mol. The molecule has 0 aliphatic carbocycles. The maximum atomic E-state index is 12.8. The molecule has 0 fully saturated rings. The van der Waals surface area contributed by atoms with Crippen LogP contribution in [0.5, 0.6) is 11.5 Å². The van der Waals surface area contributed by atoms with Crippen molar-refractivity contribution in [1.82, 2.24) is 4.57 Å². The molecule has 152 valence electrons. The van der Waals surface area contributed by atoms with Crippen LogP contribution in [0.15, 0.2) is 32.9 Å². The van der Waals surface area contributed by atoms with E-state index in [-0.39, 0.29) is 4.21 Å². The number of halogens is 1. The van der Waals surface area contributed by atoms with Gasteiger partial charge in [-0.2, -0.15) is 8.42 Å². The van der Waals surface area contributed by atoms with E-state index in [0.29, 0.717) is 45.9 Å². The van der Waals surface area contributed by atoms with Crippen molar-refractivity contribution in [3.05, 3.63) is 33.4 Å². The van der Waals surface area contributed by atoms with E-state index in [1.165, 1.54) is 23.5 Å². The zero-order valence-corrected chi connectivity index (χ0v) is 18.7. The Kier molecular flexibility index (Phi) is 6.66. The molecule has 3 rings (SSSR count). The summed E-state index contributed by atoms with van der Waals surface area (Å²) < 4.78 is 49.0. The molecule has 0 bridgehead atoms. The largest absolute Gasteiger partial charge is 0.495 e. The first-order valence-corrected chi connectivity index (χ1v) is 11.7. The molecular weight excluding hydrogens is 444 g/mol. The van der Waals surface area contributed by atoms with Gasteiger partial charge in [0, 0.05) is 13.2 Å². The maximum Gasteiger partial charge on any atom is 0.294 e. The van der Waals surface area contributed by atoms with E-state index in [0.717, 1.165) is 16.0 Å². The number of methoxy groups -OCH3 is 2. The van der Waals surface area contributed by atoms with Gasteiger partial charge in [-0.05, 0) is 31.2 Å². The number of thiazole rings is 1. The second kappa shape index (κ2) is 8.83. The molecule has 0 radical (unpaired) electrons. The highest BCUT2D eigenvalue weighted by molar-refractivity contribution is 7.92. The highest BCUT2D eigenvalue weighted by Gasteiger charge is 2.20. The molecule has 0 saturated heterocycles. The fourth-order valence-corrected chi connectivity index (χ4v) is 6.44. The van der Waals surface area contributed by atoms with Crippen molar-refractivity contribution in [3.8, 4) is 11.5 Å². The molecule has 2 aromatic heterocycles. The molecule has 0 atom stereocenters. The van der Waals surface area contributed by atoms with Crippen LogP contribution in [-0.4, -0.2) is 40.4 Å². The van der Waals surface area contributed by atoms with E-state index in [9.17, 15) is 8.42 Å². The van der Waals surface area contributed by atoms with Gasteiger partial charge in [0.05, 0.1) is 25.2 Å².